The number of benzene rings is 1. The van der Waals surface area contributed by atoms with Crippen molar-refractivity contribution in [3.63, 3.8) is 0 Å². The fourth-order valence-electron chi connectivity index (χ4n) is 2.49. The van der Waals surface area contributed by atoms with Crippen LogP contribution in [0.4, 0.5) is 0 Å². The molecule has 4 rings (SSSR count). The minimum Gasteiger partial charge on any atom is -0.442 e. The smallest absolute Gasteiger partial charge is 0.415 e. The van der Waals surface area contributed by atoms with Crippen LogP contribution in [0.1, 0.15) is 17.1 Å². The van der Waals surface area contributed by atoms with Gasteiger partial charge in [-0.25, -0.2) is 9.97 Å². The van der Waals surface area contributed by atoms with Gasteiger partial charge >= 0.3 is 6.08 Å². The van der Waals surface area contributed by atoms with Gasteiger partial charge < -0.3 is 9.15 Å². The maximum absolute atomic E-state index is 5.55. The lowest BCUT2D eigenvalue weighted by atomic mass is 10.2. The molecule has 0 radical (unpaired) electrons. The van der Waals surface area contributed by atoms with Gasteiger partial charge in [0.1, 0.15) is 6.61 Å². The average molecular weight is 321 g/mol. The molecule has 0 aliphatic rings. The summed E-state index contributed by atoms with van der Waals surface area (Å²) in [4.78, 5) is 8.85. The van der Waals surface area contributed by atoms with Crippen LogP contribution < -0.4 is 4.74 Å². The van der Waals surface area contributed by atoms with E-state index in [1.54, 1.807) is 0 Å². The molecule has 0 saturated heterocycles. The lowest BCUT2D eigenvalue weighted by Gasteiger charge is -1.99. The monoisotopic (exact) mass is 321 g/mol. The highest BCUT2D eigenvalue weighted by molar-refractivity contribution is 5.51. The summed E-state index contributed by atoms with van der Waals surface area (Å²) >= 11 is 0. The van der Waals surface area contributed by atoms with E-state index in [0.717, 1.165) is 22.6 Å². The fraction of sp³-hybridized carbons (Fsp3) is 0.176. The molecule has 0 spiro atoms. The van der Waals surface area contributed by atoms with Crippen molar-refractivity contribution in [2.75, 3.05) is 0 Å². The van der Waals surface area contributed by atoms with Crippen LogP contribution in [0.5, 0.6) is 6.08 Å². The van der Waals surface area contributed by atoms with Crippen LogP contribution in [-0.2, 0) is 6.61 Å². The largest absolute Gasteiger partial charge is 0.442 e. The Kier molecular flexibility index (Phi) is 3.45. The Balaban J connectivity index is 1.51. The van der Waals surface area contributed by atoms with Crippen molar-refractivity contribution in [3.8, 4) is 17.5 Å². The minimum atomic E-state index is 0.117. The number of nitrogens with zero attached hydrogens (tertiary/aromatic N) is 5. The molecular formula is C17H15N5O2. The molecule has 120 valence electrons. The topological polar surface area (TPSA) is 78.3 Å². The van der Waals surface area contributed by atoms with E-state index in [4.69, 9.17) is 9.15 Å². The number of aryl methyl sites for hydroxylation is 2. The molecule has 0 atom stereocenters. The Bertz CT molecular complexity index is 991. The van der Waals surface area contributed by atoms with Crippen LogP contribution in [0, 0.1) is 13.8 Å². The van der Waals surface area contributed by atoms with E-state index in [2.05, 4.69) is 20.2 Å². The quantitative estimate of drug-likeness (QED) is 0.575. The standard InChI is InChI=1S/C17H15N5O2/c1-11-8-12(2)22-9-14(19-16(22)18-11)10-23-17-21-20-15(24-17)13-6-4-3-5-7-13/h3-9H,10H2,1-2H3. The van der Waals surface area contributed by atoms with Crippen LogP contribution in [0.25, 0.3) is 17.2 Å². The van der Waals surface area contributed by atoms with Crippen molar-refractivity contribution in [1.82, 2.24) is 24.6 Å². The number of hydrogen-bond donors (Lipinski definition) is 0. The molecule has 0 unspecified atom stereocenters. The van der Waals surface area contributed by atoms with Crippen molar-refractivity contribution < 1.29 is 9.15 Å². The molecule has 7 heteroatoms. The molecule has 0 N–H and O–H groups in total. The zero-order valence-electron chi connectivity index (χ0n) is 13.3. The predicted molar refractivity (Wildman–Crippen MR) is 86.5 cm³/mol. The summed E-state index contributed by atoms with van der Waals surface area (Å²) in [7, 11) is 0. The fourth-order valence-corrected chi connectivity index (χ4v) is 2.49. The van der Waals surface area contributed by atoms with E-state index in [0.29, 0.717) is 11.7 Å². The summed E-state index contributed by atoms with van der Waals surface area (Å²) in [5.74, 6) is 1.08. The van der Waals surface area contributed by atoms with Crippen molar-refractivity contribution >= 4 is 5.78 Å². The van der Waals surface area contributed by atoms with E-state index < -0.39 is 0 Å². The van der Waals surface area contributed by atoms with E-state index in [9.17, 15) is 0 Å². The van der Waals surface area contributed by atoms with Gasteiger partial charge in [0.2, 0.25) is 5.78 Å². The first-order valence-electron chi connectivity index (χ1n) is 7.53. The molecule has 0 aliphatic heterocycles. The summed E-state index contributed by atoms with van der Waals surface area (Å²) in [6.07, 6.45) is 2.01. The maximum atomic E-state index is 5.55. The Morgan fingerprint density at radius 2 is 1.92 bits per heavy atom. The van der Waals surface area contributed by atoms with Gasteiger partial charge in [0.15, 0.2) is 0 Å². The van der Waals surface area contributed by atoms with Crippen LogP contribution in [0.2, 0.25) is 0 Å². The molecule has 1 aromatic carbocycles. The Morgan fingerprint density at radius 1 is 1.08 bits per heavy atom. The molecule has 24 heavy (non-hydrogen) atoms. The third-order valence-corrected chi connectivity index (χ3v) is 3.58. The first kappa shape index (κ1) is 14.4. The minimum absolute atomic E-state index is 0.117. The second kappa shape index (κ2) is 5.77. The highest BCUT2D eigenvalue weighted by Crippen LogP contribution is 2.21. The normalized spacial score (nSPS) is 11.1. The van der Waals surface area contributed by atoms with Crippen LogP contribution in [-0.4, -0.2) is 24.6 Å². The van der Waals surface area contributed by atoms with Gasteiger partial charge in [-0.05, 0) is 32.0 Å². The molecule has 0 aliphatic carbocycles. The number of aromatic nitrogens is 5. The van der Waals surface area contributed by atoms with Crippen LogP contribution in [0.3, 0.4) is 0 Å². The second-order valence-corrected chi connectivity index (χ2v) is 5.47. The van der Waals surface area contributed by atoms with Gasteiger partial charge in [-0.3, -0.25) is 4.40 Å². The third-order valence-electron chi connectivity index (χ3n) is 3.58. The number of rotatable bonds is 4. The Morgan fingerprint density at radius 3 is 2.75 bits per heavy atom. The molecule has 3 aromatic heterocycles. The van der Waals surface area contributed by atoms with Crippen molar-refractivity contribution in [2.24, 2.45) is 0 Å². The molecule has 0 saturated carbocycles. The highest BCUT2D eigenvalue weighted by atomic mass is 16.6. The van der Waals surface area contributed by atoms with Gasteiger partial charge in [-0.1, -0.05) is 23.3 Å². The Labute approximate surface area is 138 Å². The van der Waals surface area contributed by atoms with Gasteiger partial charge in [0, 0.05) is 23.1 Å². The molecular weight excluding hydrogens is 306 g/mol. The van der Waals surface area contributed by atoms with Gasteiger partial charge in [0.25, 0.3) is 5.89 Å². The number of hydrogen-bond acceptors (Lipinski definition) is 6. The predicted octanol–water partition coefficient (Wildman–Crippen LogP) is 2.98. The number of fused-ring (bicyclic) bond motifs is 1. The summed E-state index contributed by atoms with van der Waals surface area (Å²) in [6, 6.07) is 11.6. The lowest BCUT2D eigenvalue weighted by Crippen LogP contribution is -1.95. The van der Waals surface area contributed by atoms with E-state index in [1.807, 2.05) is 60.8 Å². The van der Waals surface area contributed by atoms with Crippen molar-refractivity contribution in [1.29, 1.82) is 0 Å². The lowest BCUT2D eigenvalue weighted by molar-refractivity contribution is 0.219. The summed E-state index contributed by atoms with van der Waals surface area (Å²) in [5.41, 5.74) is 3.60. The number of imidazole rings is 1. The van der Waals surface area contributed by atoms with E-state index >= 15 is 0 Å². The van der Waals surface area contributed by atoms with Crippen molar-refractivity contribution in [2.45, 2.75) is 20.5 Å². The second-order valence-electron chi connectivity index (χ2n) is 5.47. The van der Waals surface area contributed by atoms with Crippen LogP contribution in [0.15, 0.2) is 47.0 Å². The van der Waals surface area contributed by atoms with Gasteiger partial charge in [0.05, 0.1) is 5.69 Å². The molecule has 0 amide bonds. The molecule has 3 heterocycles. The average Bonchev–Trinajstić information content (AvgIpc) is 3.20. The van der Waals surface area contributed by atoms with Gasteiger partial charge in [-0.15, -0.1) is 5.10 Å². The van der Waals surface area contributed by atoms with E-state index in [1.165, 1.54) is 0 Å². The third kappa shape index (κ3) is 2.71. The van der Waals surface area contributed by atoms with Gasteiger partial charge in [-0.2, -0.15) is 0 Å². The summed E-state index contributed by atoms with van der Waals surface area (Å²) < 4.78 is 13.0. The van der Waals surface area contributed by atoms with Crippen molar-refractivity contribution in [3.05, 3.63) is 59.7 Å². The Hall–Kier alpha value is -3.22. The van der Waals surface area contributed by atoms with Crippen LogP contribution >= 0.6 is 0 Å². The number of ether oxygens (including phenoxy) is 1. The maximum Gasteiger partial charge on any atom is 0.415 e. The highest BCUT2D eigenvalue weighted by Gasteiger charge is 2.11. The molecule has 0 fully saturated rings. The first-order chi connectivity index (χ1) is 11.7. The van der Waals surface area contributed by atoms with E-state index in [-0.39, 0.29) is 12.7 Å². The molecule has 0 bridgehead atoms. The first-order valence-corrected chi connectivity index (χ1v) is 7.53. The summed E-state index contributed by atoms with van der Waals surface area (Å²) in [5, 5.41) is 7.89. The zero-order valence-corrected chi connectivity index (χ0v) is 13.3. The summed E-state index contributed by atoms with van der Waals surface area (Å²) in [6.45, 7) is 4.19. The molecule has 7 nitrogen and oxygen atoms in total. The molecule has 4 aromatic rings. The zero-order chi connectivity index (χ0) is 16.5. The SMILES string of the molecule is Cc1cc(C)n2cc(COc3nnc(-c4ccccc4)o3)nc2n1.